The van der Waals surface area contributed by atoms with Gasteiger partial charge in [0.15, 0.2) is 17.6 Å². The fourth-order valence-corrected chi connectivity index (χ4v) is 1.83. The predicted molar refractivity (Wildman–Crippen MR) is 77.2 cm³/mol. The molecular formula is C13H15ClN2O6. The highest BCUT2D eigenvalue weighted by Crippen LogP contribution is 2.36. The second-order valence-corrected chi connectivity index (χ2v) is 4.50. The molecule has 0 aromatic heterocycles. The number of hydrogen-bond acceptors (Lipinski definition) is 6. The Balaban J connectivity index is 2.92. The van der Waals surface area contributed by atoms with Crippen LogP contribution in [0.15, 0.2) is 12.1 Å². The number of carbonyl (C=O) groups is 3. The van der Waals surface area contributed by atoms with Gasteiger partial charge < -0.3 is 19.9 Å². The van der Waals surface area contributed by atoms with Crippen molar-refractivity contribution in [3.8, 4) is 11.5 Å². The van der Waals surface area contributed by atoms with E-state index >= 15 is 0 Å². The molecule has 0 aliphatic carbocycles. The van der Waals surface area contributed by atoms with E-state index < -0.39 is 24.0 Å². The average molecular weight is 331 g/mol. The number of urea groups is 1. The zero-order chi connectivity index (χ0) is 16.9. The largest absolute Gasteiger partial charge is 0.493 e. The maximum absolute atomic E-state index is 12.0. The number of ether oxygens (including phenoxy) is 3. The average Bonchev–Trinajstić information content (AvgIpc) is 2.45. The first-order chi connectivity index (χ1) is 10.3. The summed E-state index contributed by atoms with van der Waals surface area (Å²) in [6.45, 7) is 1.29. The maximum atomic E-state index is 12.0. The molecule has 0 bridgehead atoms. The van der Waals surface area contributed by atoms with Crippen molar-refractivity contribution in [2.75, 3.05) is 14.2 Å². The summed E-state index contributed by atoms with van der Waals surface area (Å²) in [6.07, 6.45) is -1.22. The van der Waals surface area contributed by atoms with Crippen LogP contribution >= 0.6 is 11.6 Å². The number of halogens is 1. The zero-order valence-electron chi connectivity index (χ0n) is 12.1. The number of esters is 1. The first-order valence-corrected chi connectivity index (χ1v) is 6.40. The zero-order valence-corrected chi connectivity index (χ0v) is 12.9. The third-order valence-electron chi connectivity index (χ3n) is 2.57. The molecule has 1 aromatic rings. The molecule has 1 rings (SSSR count). The van der Waals surface area contributed by atoms with Crippen molar-refractivity contribution >= 4 is 29.5 Å². The van der Waals surface area contributed by atoms with Gasteiger partial charge in [0.25, 0.3) is 5.91 Å². The van der Waals surface area contributed by atoms with E-state index in [-0.39, 0.29) is 22.1 Å². The van der Waals surface area contributed by atoms with E-state index in [0.717, 1.165) is 0 Å². The summed E-state index contributed by atoms with van der Waals surface area (Å²) < 4.78 is 15.0. The molecule has 0 radical (unpaired) electrons. The van der Waals surface area contributed by atoms with E-state index in [1.165, 1.54) is 33.3 Å². The van der Waals surface area contributed by atoms with Gasteiger partial charge in [0.05, 0.1) is 24.8 Å². The van der Waals surface area contributed by atoms with Crippen LogP contribution in [-0.2, 0) is 9.53 Å². The number of methoxy groups -OCH3 is 2. The molecular weight excluding hydrogens is 316 g/mol. The molecule has 0 saturated carbocycles. The van der Waals surface area contributed by atoms with Crippen LogP contribution in [0, 0.1) is 0 Å². The number of benzene rings is 1. The Bertz CT molecular complexity index is 604. The molecule has 9 heteroatoms. The minimum atomic E-state index is -1.22. The van der Waals surface area contributed by atoms with Crippen LogP contribution in [-0.4, -0.2) is 38.2 Å². The number of nitrogens with one attached hydrogen (secondary N) is 1. The van der Waals surface area contributed by atoms with Crippen molar-refractivity contribution in [2.45, 2.75) is 13.0 Å². The summed E-state index contributed by atoms with van der Waals surface area (Å²) in [5, 5.41) is 1.95. The molecule has 120 valence electrons. The Morgan fingerprint density at radius 3 is 2.36 bits per heavy atom. The van der Waals surface area contributed by atoms with Crippen molar-refractivity contribution in [1.82, 2.24) is 5.32 Å². The number of hydrogen-bond donors (Lipinski definition) is 2. The monoisotopic (exact) mass is 330 g/mol. The SMILES string of the molecule is COc1cc(C(=O)O[C@@H](C)C(=O)NC(N)=O)cc(Cl)c1OC. The van der Waals surface area contributed by atoms with Gasteiger partial charge in [0.2, 0.25) is 0 Å². The predicted octanol–water partition coefficient (Wildman–Crippen LogP) is 1.10. The van der Waals surface area contributed by atoms with Gasteiger partial charge >= 0.3 is 12.0 Å². The van der Waals surface area contributed by atoms with Crippen LogP contribution in [0.2, 0.25) is 5.02 Å². The van der Waals surface area contributed by atoms with Crippen molar-refractivity contribution in [3.63, 3.8) is 0 Å². The van der Waals surface area contributed by atoms with Crippen LogP contribution in [0.3, 0.4) is 0 Å². The quantitative estimate of drug-likeness (QED) is 0.781. The number of primary amides is 1. The standard InChI is InChI=1S/C13H15ClN2O6/c1-6(11(17)16-13(15)19)22-12(18)7-4-8(14)10(21-3)9(5-7)20-2/h4-6H,1-3H3,(H3,15,16,17,19)/t6-/m0/s1. The summed E-state index contributed by atoms with van der Waals surface area (Å²) in [7, 11) is 2.78. The van der Waals surface area contributed by atoms with E-state index in [2.05, 4.69) is 0 Å². The normalized spacial score (nSPS) is 11.3. The number of amides is 3. The van der Waals surface area contributed by atoms with Crippen molar-refractivity contribution in [1.29, 1.82) is 0 Å². The number of nitrogens with two attached hydrogens (primary N) is 1. The highest BCUT2D eigenvalue weighted by atomic mass is 35.5. The molecule has 0 aliphatic rings. The van der Waals surface area contributed by atoms with Crippen LogP contribution in [0.1, 0.15) is 17.3 Å². The van der Waals surface area contributed by atoms with E-state index in [0.29, 0.717) is 0 Å². The van der Waals surface area contributed by atoms with Crippen LogP contribution < -0.4 is 20.5 Å². The molecule has 1 aromatic carbocycles. The lowest BCUT2D eigenvalue weighted by molar-refractivity contribution is -0.127. The number of carbonyl (C=O) groups excluding carboxylic acids is 3. The van der Waals surface area contributed by atoms with Gasteiger partial charge in [-0.3, -0.25) is 10.1 Å². The summed E-state index contributed by atoms with van der Waals surface area (Å²) in [5.41, 5.74) is 4.86. The number of rotatable bonds is 5. The molecule has 0 fully saturated rings. The topological polar surface area (TPSA) is 117 Å². The molecule has 0 unspecified atom stereocenters. The lowest BCUT2D eigenvalue weighted by Gasteiger charge is -2.14. The number of imide groups is 1. The first kappa shape index (κ1) is 17.6. The fourth-order valence-electron chi connectivity index (χ4n) is 1.54. The second kappa shape index (κ2) is 7.51. The molecule has 8 nitrogen and oxygen atoms in total. The molecule has 0 heterocycles. The van der Waals surface area contributed by atoms with E-state index in [4.69, 9.17) is 31.5 Å². The Hall–Kier alpha value is -2.48. The van der Waals surface area contributed by atoms with Gasteiger partial charge in [0.1, 0.15) is 0 Å². The van der Waals surface area contributed by atoms with Crippen molar-refractivity contribution < 1.29 is 28.6 Å². The summed E-state index contributed by atoms with van der Waals surface area (Å²) in [5.74, 6) is -1.17. The third kappa shape index (κ3) is 4.26. The van der Waals surface area contributed by atoms with Crippen LogP contribution in [0.5, 0.6) is 11.5 Å². The molecule has 0 saturated heterocycles. The molecule has 3 N–H and O–H groups in total. The molecule has 3 amide bonds. The molecule has 1 atom stereocenters. The van der Waals surface area contributed by atoms with Gasteiger partial charge in [-0.25, -0.2) is 9.59 Å². The summed E-state index contributed by atoms with van der Waals surface area (Å²) >= 11 is 5.97. The highest BCUT2D eigenvalue weighted by Gasteiger charge is 2.22. The van der Waals surface area contributed by atoms with Gasteiger partial charge in [-0.05, 0) is 19.1 Å². The minimum Gasteiger partial charge on any atom is -0.493 e. The van der Waals surface area contributed by atoms with Gasteiger partial charge in [-0.2, -0.15) is 0 Å². The van der Waals surface area contributed by atoms with Crippen molar-refractivity contribution in [2.24, 2.45) is 5.73 Å². The van der Waals surface area contributed by atoms with Crippen molar-refractivity contribution in [3.05, 3.63) is 22.7 Å². The van der Waals surface area contributed by atoms with E-state index in [9.17, 15) is 14.4 Å². The van der Waals surface area contributed by atoms with Gasteiger partial charge in [-0.15, -0.1) is 0 Å². The summed E-state index contributed by atoms with van der Waals surface area (Å²) in [6, 6.07) is 1.62. The molecule has 22 heavy (non-hydrogen) atoms. The maximum Gasteiger partial charge on any atom is 0.339 e. The molecule has 0 aliphatic heterocycles. The Kier molecular flexibility index (Phi) is 6.00. The third-order valence-corrected chi connectivity index (χ3v) is 2.85. The van der Waals surface area contributed by atoms with Gasteiger partial charge in [-0.1, -0.05) is 11.6 Å². The molecule has 0 spiro atoms. The smallest absolute Gasteiger partial charge is 0.339 e. The lowest BCUT2D eigenvalue weighted by Crippen LogP contribution is -2.42. The first-order valence-electron chi connectivity index (χ1n) is 6.03. The fraction of sp³-hybridized carbons (Fsp3) is 0.308. The Morgan fingerprint density at radius 1 is 1.23 bits per heavy atom. The Morgan fingerprint density at radius 2 is 1.86 bits per heavy atom. The minimum absolute atomic E-state index is 0.0568. The summed E-state index contributed by atoms with van der Waals surface area (Å²) in [4.78, 5) is 34.0. The van der Waals surface area contributed by atoms with E-state index in [1.807, 2.05) is 0 Å². The van der Waals surface area contributed by atoms with Crippen LogP contribution in [0.25, 0.3) is 0 Å². The highest BCUT2D eigenvalue weighted by molar-refractivity contribution is 6.32. The second-order valence-electron chi connectivity index (χ2n) is 4.09. The lowest BCUT2D eigenvalue weighted by atomic mass is 10.2. The van der Waals surface area contributed by atoms with Crippen LogP contribution in [0.4, 0.5) is 4.79 Å². The van der Waals surface area contributed by atoms with E-state index in [1.54, 1.807) is 5.32 Å². The Labute approximate surface area is 131 Å². The van der Waals surface area contributed by atoms with Gasteiger partial charge in [0, 0.05) is 0 Å².